The van der Waals surface area contributed by atoms with Gasteiger partial charge in [-0.15, -0.1) is 11.3 Å². The second-order valence-electron chi connectivity index (χ2n) is 10.2. The first-order chi connectivity index (χ1) is 16.6. The molecule has 0 spiro atoms. The smallest absolute Gasteiger partial charge is 0.254 e. The average Bonchev–Trinajstić information content (AvgIpc) is 3.57. The number of thiophene rings is 1. The van der Waals surface area contributed by atoms with Crippen LogP contribution in [-0.2, 0) is 4.79 Å². The SMILES string of the molecule is C[C@@H]1CCCCN1CCCNC(=O)[C@H]1c2ccccc2C(=O)N(C2CCCC2)[C@@H]1c1cccs1. The molecule has 6 heteroatoms. The Bertz CT molecular complexity index is 985. The normalized spacial score (nSPS) is 26.0. The summed E-state index contributed by atoms with van der Waals surface area (Å²) in [6, 6.07) is 12.5. The van der Waals surface area contributed by atoms with Gasteiger partial charge in [0.15, 0.2) is 0 Å². The number of carbonyl (C=O) groups excluding carboxylic acids is 2. The van der Waals surface area contributed by atoms with E-state index in [0.717, 1.165) is 49.1 Å². The summed E-state index contributed by atoms with van der Waals surface area (Å²) >= 11 is 1.66. The number of nitrogens with one attached hydrogen (secondary N) is 1. The van der Waals surface area contributed by atoms with Crippen LogP contribution in [0.5, 0.6) is 0 Å². The molecule has 5 nitrogen and oxygen atoms in total. The molecule has 1 saturated heterocycles. The van der Waals surface area contributed by atoms with Gasteiger partial charge in [-0.2, -0.15) is 0 Å². The van der Waals surface area contributed by atoms with Crippen LogP contribution in [0.25, 0.3) is 0 Å². The van der Waals surface area contributed by atoms with E-state index in [1.165, 1.54) is 25.8 Å². The molecule has 1 N–H and O–H groups in total. The molecule has 2 aliphatic heterocycles. The molecule has 182 valence electrons. The second-order valence-corrected chi connectivity index (χ2v) is 11.2. The van der Waals surface area contributed by atoms with Crippen molar-refractivity contribution in [2.75, 3.05) is 19.6 Å². The summed E-state index contributed by atoms with van der Waals surface area (Å²) in [5.74, 6) is -0.237. The lowest BCUT2D eigenvalue weighted by atomic mass is 9.80. The highest BCUT2D eigenvalue weighted by molar-refractivity contribution is 7.10. The molecular weight excluding hydrogens is 442 g/mol. The maximum Gasteiger partial charge on any atom is 0.254 e. The number of carbonyl (C=O) groups is 2. The fraction of sp³-hybridized carbons (Fsp3) is 0.571. The van der Waals surface area contributed by atoms with Gasteiger partial charge in [0, 0.05) is 35.6 Å². The van der Waals surface area contributed by atoms with Crippen molar-refractivity contribution in [2.45, 2.75) is 82.3 Å². The highest BCUT2D eigenvalue weighted by atomic mass is 32.1. The van der Waals surface area contributed by atoms with Gasteiger partial charge in [0.05, 0.1) is 12.0 Å². The Balaban J connectivity index is 1.38. The zero-order valence-corrected chi connectivity index (χ0v) is 21.1. The minimum atomic E-state index is -0.373. The Morgan fingerprint density at radius 3 is 2.62 bits per heavy atom. The van der Waals surface area contributed by atoms with E-state index >= 15 is 0 Å². The number of hydrogen-bond donors (Lipinski definition) is 1. The van der Waals surface area contributed by atoms with Gasteiger partial charge in [-0.25, -0.2) is 0 Å². The van der Waals surface area contributed by atoms with Crippen LogP contribution in [0.4, 0.5) is 0 Å². The quantitative estimate of drug-likeness (QED) is 0.545. The van der Waals surface area contributed by atoms with Crippen LogP contribution < -0.4 is 5.32 Å². The number of benzene rings is 1. The Kier molecular flexibility index (Phi) is 7.35. The van der Waals surface area contributed by atoms with Crippen molar-refractivity contribution in [1.82, 2.24) is 15.1 Å². The molecule has 2 aromatic rings. The van der Waals surface area contributed by atoms with Crippen molar-refractivity contribution < 1.29 is 9.59 Å². The van der Waals surface area contributed by atoms with Gasteiger partial charge in [-0.3, -0.25) is 9.59 Å². The maximum atomic E-state index is 13.8. The molecule has 3 heterocycles. The number of amides is 2. The van der Waals surface area contributed by atoms with Gasteiger partial charge >= 0.3 is 0 Å². The van der Waals surface area contributed by atoms with Gasteiger partial charge in [0.2, 0.25) is 5.91 Å². The number of fused-ring (bicyclic) bond motifs is 1. The topological polar surface area (TPSA) is 52.7 Å². The van der Waals surface area contributed by atoms with Crippen LogP contribution in [0.1, 0.15) is 91.0 Å². The van der Waals surface area contributed by atoms with Crippen LogP contribution in [0.3, 0.4) is 0 Å². The van der Waals surface area contributed by atoms with E-state index in [1.54, 1.807) is 11.3 Å². The van der Waals surface area contributed by atoms with E-state index in [1.807, 2.05) is 30.3 Å². The van der Waals surface area contributed by atoms with Crippen molar-refractivity contribution >= 4 is 23.2 Å². The fourth-order valence-electron chi connectivity index (χ4n) is 6.27. The van der Waals surface area contributed by atoms with Crippen molar-refractivity contribution in [3.63, 3.8) is 0 Å². The Morgan fingerprint density at radius 2 is 1.85 bits per heavy atom. The molecule has 1 aromatic carbocycles. The van der Waals surface area contributed by atoms with Gasteiger partial charge in [-0.05, 0) is 68.6 Å². The fourth-order valence-corrected chi connectivity index (χ4v) is 7.13. The van der Waals surface area contributed by atoms with E-state index in [2.05, 4.69) is 33.5 Å². The number of hydrogen-bond acceptors (Lipinski definition) is 4. The van der Waals surface area contributed by atoms with Crippen LogP contribution in [0.2, 0.25) is 0 Å². The third-order valence-electron chi connectivity index (χ3n) is 8.07. The van der Waals surface area contributed by atoms with Crippen molar-refractivity contribution in [1.29, 1.82) is 0 Å². The molecule has 2 fully saturated rings. The van der Waals surface area contributed by atoms with Crippen LogP contribution in [0.15, 0.2) is 41.8 Å². The molecule has 34 heavy (non-hydrogen) atoms. The van der Waals surface area contributed by atoms with Gasteiger partial charge < -0.3 is 15.1 Å². The zero-order chi connectivity index (χ0) is 23.5. The van der Waals surface area contributed by atoms with E-state index in [-0.39, 0.29) is 29.8 Å². The predicted octanol–water partition coefficient (Wildman–Crippen LogP) is 5.35. The molecule has 5 rings (SSSR count). The second kappa shape index (κ2) is 10.6. The summed E-state index contributed by atoms with van der Waals surface area (Å²) in [7, 11) is 0. The van der Waals surface area contributed by atoms with E-state index in [9.17, 15) is 9.59 Å². The van der Waals surface area contributed by atoms with Gasteiger partial charge in [0.25, 0.3) is 5.91 Å². The van der Waals surface area contributed by atoms with Crippen molar-refractivity contribution in [2.24, 2.45) is 0 Å². The summed E-state index contributed by atoms with van der Waals surface area (Å²) in [5, 5.41) is 5.32. The standard InChI is InChI=1S/C28H37N3O2S/c1-20-10-6-7-17-30(20)18-9-16-29-27(32)25-22-13-4-5-14-23(22)28(33)31(21-11-2-3-12-21)26(25)24-15-8-19-34-24/h4-5,8,13-15,19-21,25-26H,2-3,6-7,9-12,16-18H2,1H3,(H,29,32)/t20-,25+,26-/m1/s1. The number of likely N-dealkylation sites (tertiary alicyclic amines) is 1. The Hall–Kier alpha value is -2.18. The first-order valence-corrected chi connectivity index (χ1v) is 14.0. The lowest BCUT2D eigenvalue weighted by Gasteiger charge is -2.44. The molecule has 1 aromatic heterocycles. The minimum absolute atomic E-state index is 0.0491. The lowest BCUT2D eigenvalue weighted by Crippen LogP contribution is -2.50. The minimum Gasteiger partial charge on any atom is -0.355 e. The molecule has 1 saturated carbocycles. The molecule has 0 unspecified atom stereocenters. The summed E-state index contributed by atoms with van der Waals surface area (Å²) in [6.45, 7) is 5.19. The van der Waals surface area contributed by atoms with E-state index in [0.29, 0.717) is 18.2 Å². The molecule has 3 atom stereocenters. The highest BCUT2D eigenvalue weighted by Crippen LogP contribution is 2.47. The predicted molar refractivity (Wildman–Crippen MR) is 137 cm³/mol. The third kappa shape index (κ3) is 4.67. The first-order valence-electron chi connectivity index (χ1n) is 13.1. The summed E-state index contributed by atoms with van der Waals surface area (Å²) in [5.41, 5.74) is 1.58. The number of rotatable bonds is 7. The molecule has 0 bridgehead atoms. The third-order valence-corrected chi connectivity index (χ3v) is 9.02. The molecule has 3 aliphatic rings. The first kappa shape index (κ1) is 23.6. The highest BCUT2D eigenvalue weighted by Gasteiger charge is 2.47. The Labute approximate surface area is 207 Å². The average molecular weight is 480 g/mol. The molecule has 2 amide bonds. The molecular formula is C28H37N3O2S. The monoisotopic (exact) mass is 479 g/mol. The van der Waals surface area contributed by atoms with Crippen molar-refractivity contribution in [3.8, 4) is 0 Å². The van der Waals surface area contributed by atoms with Crippen molar-refractivity contribution in [3.05, 3.63) is 57.8 Å². The zero-order valence-electron chi connectivity index (χ0n) is 20.2. The van der Waals surface area contributed by atoms with Crippen LogP contribution in [-0.4, -0.2) is 53.3 Å². The van der Waals surface area contributed by atoms with Gasteiger partial charge in [-0.1, -0.05) is 43.5 Å². The van der Waals surface area contributed by atoms with Crippen LogP contribution >= 0.6 is 11.3 Å². The number of nitrogens with zero attached hydrogens (tertiary/aromatic N) is 2. The Morgan fingerprint density at radius 1 is 1.06 bits per heavy atom. The number of piperidine rings is 1. The summed E-state index contributed by atoms with van der Waals surface area (Å²) in [4.78, 5) is 33.3. The lowest BCUT2D eigenvalue weighted by molar-refractivity contribution is -0.124. The van der Waals surface area contributed by atoms with Crippen LogP contribution in [0, 0.1) is 0 Å². The van der Waals surface area contributed by atoms with Gasteiger partial charge in [0.1, 0.15) is 0 Å². The molecule has 0 radical (unpaired) electrons. The molecule has 1 aliphatic carbocycles. The van der Waals surface area contributed by atoms with E-state index < -0.39 is 0 Å². The summed E-state index contributed by atoms with van der Waals surface area (Å²) < 4.78 is 0. The summed E-state index contributed by atoms with van der Waals surface area (Å²) in [6.07, 6.45) is 9.20. The van der Waals surface area contributed by atoms with E-state index in [4.69, 9.17) is 0 Å². The maximum absolute atomic E-state index is 13.8. The largest absolute Gasteiger partial charge is 0.355 e.